The van der Waals surface area contributed by atoms with Crippen LogP contribution in [0.4, 0.5) is 4.39 Å². The first kappa shape index (κ1) is 13.4. The van der Waals surface area contributed by atoms with Crippen molar-refractivity contribution in [3.05, 3.63) is 60.4 Å². The van der Waals surface area contributed by atoms with E-state index in [0.29, 0.717) is 6.61 Å². The van der Waals surface area contributed by atoms with Crippen molar-refractivity contribution < 1.29 is 9.13 Å². The topological polar surface area (TPSA) is 37.9 Å². The lowest BCUT2D eigenvalue weighted by Crippen LogP contribution is -1.90. The molecule has 0 bridgehead atoms. The second kappa shape index (κ2) is 5.79. The van der Waals surface area contributed by atoms with Crippen LogP contribution >= 0.6 is 0 Å². The minimum absolute atomic E-state index is 0.245. The molecule has 0 saturated carbocycles. The Kier molecular flexibility index (Phi) is 3.69. The number of hydrogen-bond acceptors (Lipinski definition) is 2. The fourth-order valence-electron chi connectivity index (χ4n) is 2.14. The third-order valence-electron chi connectivity index (χ3n) is 3.19. The van der Waals surface area contributed by atoms with Crippen molar-refractivity contribution in [1.82, 2.24) is 10.2 Å². The largest absolute Gasteiger partial charge is 0.494 e. The van der Waals surface area contributed by atoms with E-state index < -0.39 is 0 Å². The molecule has 0 amide bonds. The van der Waals surface area contributed by atoms with Crippen molar-refractivity contribution in [3.8, 4) is 28.3 Å². The normalized spacial score (nSPS) is 10.6. The molecule has 3 rings (SSSR count). The molecule has 4 heteroatoms. The average molecular weight is 282 g/mol. The smallest absolute Gasteiger partial charge is 0.123 e. The molecule has 1 heterocycles. The van der Waals surface area contributed by atoms with E-state index in [0.717, 1.165) is 28.3 Å². The summed E-state index contributed by atoms with van der Waals surface area (Å²) in [5.41, 5.74) is 3.61. The Balaban J connectivity index is 1.85. The van der Waals surface area contributed by atoms with Gasteiger partial charge in [0.05, 0.1) is 18.0 Å². The van der Waals surface area contributed by atoms with Gasteiger partial charge in [-0.2, -0.15) is 5.10 Å². The van der Waals surface area contributed by atoms with E-state index in [9.17, 15) is 4.39 Å². The molecule has 0 radical (unpaired) electrons. The third kappa shape index (κ3) is 2.94. The number of halogens is 1. The van der Waals surface area contributed by atoms with Crippen molar-refractivity contribution in [2.45, 2.75) is 6.92 Å². The van der Waals surface area contributed by atoms with E-state index in [1.54, 1.807) is 12.1 Å². The van der Waals surface area contributed by atoms with Crippen LogP contribution in [0.3, 0.4) is 0 Å². The Morgan fingerprint density at radius 3 is 2.33 bits per heavy atom. The molecular weight excluding hydrogens is 267 g/mol. The zero-order valence-corrected chi connectivity index (χ0v) is 11.6. The van der Waals surface area contributed by atoms with Crippen LogP contribution in [0, 0.1) is 5.82 Å². The van der Waals surface area contributed by atoms with Crippen LogP contribution in [-0.2, 0) is 0 Å². The van der Waals surface area contributed by atoms with Gasteiger partial charge >= 0.3 is 0 Å². The van der Waals surface area contributed by atoms with Gasteiger partial charge in [0.2, 0.25) is 0 Å². The summed E-state index contributed by atoms with van der Waals surface area (Å²) in [6, 6.07) is 16.1. The van der Waals surface area contributed by atoms with Crippen molar-refractivity contribution in [2.75, 3.05) is 6.61 Å². The van der Waals surface area contributed by atoms with E-state index in [4.69, 9.17) is 4.74 Å². The number of hydrogen-bond donors (Lipinski definition) is 1. The summed E-state index contributed by atoms with van der Waals surface area (Å²) in [7, 11) is 0. The highest BCUT2D eigenvalue weighted by molar-refractivity contribution is 5.68. The number of aromatic amines is 1. The fraction of sp³-hybridized carbons (Fsp3) is 0.118. The fourth-order valence-corrected chi connectivity index (χ4v) is 2.14. The van der Waals surface area contributed by atoms with Gasteiger partial charge in [-0.1, -0.05) is 0 Å². The third-order valence-corrected chi connectivity index (χ3v) is 3.19. The second-order valence-corrected chi connectivity index (χ2v) is 4.63. The molecule has 0 atom stereocenters. The Hall–Kier alpha value is -2.62. The van der Waals surface area contributed by atoms with Crippen LogP contribution in [0.5, 0.6) is 5.75 Å². The first-order valence-electron chi connectivity index (χ1n) is 6.81. The van der Waals surface area contributed by atoms with Crippen LogP contribution in [0.25, 0.3) is 22.5 Å². The lowest BCUT2D eigenvalue weighted by molar-refractivity contribution is 0.340. The molecule has 0 aliphatic rings. The van der Waals surface area contributed by atoms with Crippen molar-refractivity contribution >= 4 is 0 Å². The standard InChI is InChI=1S/C17H15FN2O/c1-2-21-15-9-5-13(6-10-15)17-11-16(19-20-17)12-3-7-14(18)8-4-12/h3-11H,2H2,1H3,(H,19,20). The summed E-state index contributed by atoms with van der Waals surface area (Å²) in [4.78, 5) is 0. The van der Waals surface area contributed by atoms with Gasteiger partial charge in [0.1, 0.15) is 11.6 Å². The van der Waals surface area contributed by atoms with Crippen LogP contribution in [-0.4, -0.2) is 16.8 Å². The van der Waals surface area contributed by atoms with E-state index in [-0.39, 0.29) is 5.82 Å². The van der Waals surface area contributed by atoms with Crippen molar-refractivity contribution in [2.24, 2.45) is 0 Å². The Morgan fingerprint density at radius 1 is 1.00 bits per heavy atom. The molecule has 0 fully saturated rings. The van der Waals surface area contributed by atoms with Gasteiger partial charge in [-0.15, -0.1) is 0 Å². The summed E-state index contributed by atoms with van der Waals surface area (Å²) in [5, 5.41) is 7.28. The molecular formula is C17H15FN2O. The van der Waals surface area contributed by atoms with Gasteiger partial charge in [-0.3, -0.25) is 5.10 Å². The Bertz CT molecular complexity index is 717. The highest BCUT2D eigenvalue weighted by Crippen LogP contribution is 2.25. The minimum Gasteiger partial charge on any atom is -0.494 e. The second-order valence-electron chi connectivity index (χ2n) is 4.63. The number of nitrogens with zero attached hydrogens (tertiary/aromatic N) is 1. The van der Waals surface area contributed by atoms with Gasteiger partial charge < -0.3 is 4.74 Å². The maximum Gasteiger partial charge on any atom is 0.123 e. The van der Waals surface area contributed by atoms with Crippen LogP contribution in [0.15, 0.2) is 54.6 Å². The summed E-state index contributed by atoms with van der Waals surface area (Å²) >= 11 is 0. The molecule has 21 heavy (non-hydrogen) atoms. The average Bonchev–Trinajstić information content (AvgIpc) is 2.99. The van der Waals surface area contributed by atoms with Gasteiger partial charge in [0.15, 0.2) is 0 Å². The van der Waals surface area contributed by atoms with Gasteiger partial charge in [-0.05, 0) is 67.1 Å². The first-order chi connectivity index (χ1) is 10.3. The summed E-state index contributed by atoms with van der Waals surface area (Å²) in [6.07, 6.45) is 0. The van der Waals surface area contributed by atoms with Gasteiger partial charge in [-0.25, -0.2) is 4.39 Å². The van der Waals surface area contributed by atoms with E-state index in [1.807, 2.05) is 37.3 Å². The summed E-state index contributed by atoms with van der Waals surface area (Å²) < 4.78 is 18.4. The molecule has 3 aromatic rings. The van der Waals surface area contributed by atoms with Crippen molar-refractivity contribution in [1.29, 1.82) is 0 Å². The van der Waals surface area contributed by atoms with Crippen LogP contribution < -0.4 is 4.74 Å². The number of H-pyrrole nitrogens is 1. The maximum absolute atomic E-state index is 12.9. The van der Waals surface area contributed by atoms with E-state index in [2.05, 4.69) is 10.2 Å². The maximum atomic E-state index is 12.9. The number of ether oxygens (including phenoxy) is 1. The quantitative estimate of drug-likeness (QED) is 0.775. The summed E-state index contributed by atoms with van der Waals surface area (Å²) in [6.45, 7) is 2.60. The molecule has 0 aliphatic carbocycles. The minimum atomic E-state index is -0.245. The molecule has 0 saturated heterocycles. The van der Waals surface area contributed by atoms with Gasteiger partial charge in [0, 0.05) is 5.56 Å². The SMILES string of the molecule is CCOc1ccc(-c2cc(-c3ccc(F)cc3)[nH]n2)cc1. The Morgan fingerprint density at radius 2 is 1.67 bits per heavy atom. The number of benzene rings is 2. The number of nitrogens with one attached hydrogen (secondary N) is 1. The molecule has 1 aromatic heterocycles. The van der Waals surface area contributed by atoms with E-state index in [1.165, 1.54) is 12.1 Å². The lowest BCUT2D eigenvalue weighted by Gasteiger charge is -2.02. The molecule has 3 nitrogen and oxygen atoms in total. The predicted octanol–water partition coefficient (Wildman–Crippen LogP) is 4.28. The molecule has 0 aliphatic heterocycles. The molecule has 0 unspecified atom stereocenters. The Labute approximate surface area is 122 Å². The van der Waals surface area contributed by atoms with Crippen molar-refractivity contribution in [3.63, 3.8) is 0 Å². The van der Waals surface area contributed by atoms with E-state index >= 15 is 0 Å². The van der Waals surface area contributed by atoms with Gasteiger partial charge in [0.25, 0.3) is 0 Å². The monoisotopic (exact) mass is 282 g/mol. The lowest BCUT2D eigenvalue weighted by atomic mass is 10.1. The summed E-state index contributed by atoms with van der Waals surface area (Å²) in [5.74, 6) is 0.598. The highest BCUT2D eigenvalue weighted by atomic mass is 19.1. The highest BCUT2D eigenvalue weighted by Gasteiger charge is 2.06. The predicted molar refractivity (Wildman–Crippen MR) is 80.6 cm³/mol. The molecule has 0 spiro atoms. The molecule has 106 valence electrons. The van der Waals surface area contributed by atoms with Crippen LogP contribution in [0.2, 0.25) is 0 Å². The first-order valence-corrected chi connectivity index (χ1v) is 6.81. The number of rotatable bonds is 4. The number of aromatic nitrogens is 2. The molecule has 2 aromatic carbocycles. The zero-order valence-electron chi connectivity index (χ0n) is 11.6. The zero-order chi connectivity index (χ0) is 14.7. The van der Waals surface area contributed by atoms with Crippen LogP contribution in [0.1, 0.15) is 6.92 Å². The molecule has 1 N–H and O–H groups in total.